The van der Waals surface area contributed by atoms with Crippen molar-refractivity contribution in [2.75, 3.05) is 17.2 Å². The second-order valence-corrected chi connectivity index (χ2v) is 6.35. The molecule has 0 spiro atoms. The first-order valence-corrected chi connectivity index (χ1v) is 9.11. The molecule has 0 bridgehead atoms. The molecule has 0 radical (unpaired) electrons. The number of alkyl halides is 3. The van der Waals surface area contributed by atoms with Crippen LogP contribution in [0.1, 0.15) is 18.1 Å². The maximum atomic E-state index is 12.5. The number of anilines is 2. The molecule has 0 amide bonds. The van der Waals surface area contributed by atoms with Gasteiger partial charge in [0.1, 0.15) is 11.6 Å². The number of aromatic nitrogens is 2. The fourth-order valence-corrected chi connectivity index (χ4v) is 2.77. The van der Waals surface area contributed by atoms with Gasteiger partial charge in [-0.05, 0) is 37.1 Å². The molecule has 2 aromatic carbocycles. The molecule has 0 fully saturated rings. The van der Waals surface area contributed by atoms with E-state index in [-0.39, 0.29) is 5.75 Å². The third kappa shape index (κ3) is 5.84. The molecule has 0 aliphatic rings. The Morgan fingerprint density at radius 3 is 2.48 bits per heavy atom. The summed E-state index contributed by atoms with van der Waals surface area (Å²) in [6, 6.07) is 15.4. The smallest absolute Gasteiger partial charge is 0.406 e. The zero-order chi connectivity index (χ0) is 20.9. The minimum Gasteiger partial charge on any atom is -0.406 e. The molecule has 0 saturated heterocycles. The maximum absolute atomic E-state index is 12.5. The molecular weight excluding hydrogens is 381 g/mol. The Labute approximate surface area is 167 Å². The van der Waals surface area contributed by atoms with E-state index in [9.17, 15) is 13.2 Å². The van der Waals surface area contributed by atoms with Crippen LogP contribution in [-0.4, -0.2) is 22.9 Å². The van der Waals surface area contributed by atoms with E-state index in [4.69, 9.17) is 0 Å². The van der Waals surface area contributed by atoms with Crippen LogP contribution in [0.25, 0.3) is 11.3 Å². The van der Waals surface area contributed by atoms with Crippen LogP contribution in [0.4, 0.5) is 24.9 Å². The van der Waals surface area contributed by atoms with Crippen molar-refractivity contribution < 1.29 is 17.9 Å². The Bertz CT molecular complexity index is 976. The molecule has 3 rings (SSSR count). The van der Waals surface area contributed by atoms with E-state index in [0.29, 0.717) is 36.1 Å². The van der Waals surface area contributed by atoms with Gasteiger partial charge in [-0.3, -0.25) is 0 Å². The second-order valence-electron chi connectivity index (χ2n) is 6.35. The number of rotatable bonds is 7. The lowest BCUT2D eigenvalue weighted by Gasteiger charge is -2.13. The Morgan fingerprint density at radius 2 is 1.76 bits per heavy atom. The predicted octanol–water partition coefficient (Wildman–Crippen LogP) is 5.39. The van der Waals surface area contributed by atoms with Crippen molar-refractivity contribution in [1.82, 2.24) is 9.97 Å². The predicted molar refractivity (Wildman–Crippen MR) is 107 cm³/mol. The quantitative estimate of drug-likeness (QED) is 0.555. The second kappa shape index (κ2) is 8.81. The van der Waals surface area contributed by atoms with Crippen molar-refractivity contribution in [3.05, 3.63) is 65.7 Å². The van der Waals surface area contributed by atoms with Crippen molar-refractivity contribution in [3.8, 4) is 17.0 Å². The number of hydrogen-bond donors (Lipinski definition) is 2. The highest BCUT2D eigenvalue weighted by atomic mass is 19.4. The van der Waals surface area contributed by atoms with Gasteiger partial charge in [-0.25, -0.2) is 4.98 Å². The standard InChI is InChI=1S/C21H21F3N4O/c1-3-25-20-27-18(15-9-6-10-17(11-15)29-21(22,23)24)12-19(28-20)26-13-16-8-5-4-7-14(16)2/h4-12H,3,13H2,1-2H3,(H2,25,26,27,28). The largest absolute Gasteiger partial charge is 0.573 e. The van der Waals surface area contributed by atoms with Gasteiger partial charge in [0.15, 0.2) is 0 Å². The highest BCUT2D eigenvalue weighted by Crippen LogP contribution is 2.28. The summed E-state index contributed by atoms with van der Waals surface area (Å²) < 4.78 is 41.6. The van der Waals surface area contributed by atoms with Gasteiger partial charge >= 0.3 is 6.36 Å². The third-order valence-corrected chi connectivity index (χ3v) is 4.15. The molecule has 3 aromatic rings. The summed E-state index contributed by atoms with van der Waals surface area (Å²) in [4.78, 5) is 8.84. The number of benzene rings is 2. The summed E-state index contributed by atoms with van der Waals surface area (Å²) >= 11 is 0. The number of nitrogens with one attached hydrogen (secondary N) is 2. The van der Waals surface area contributed by atoms with Crippen molar-refractivity contribution in [2.45, 2.75) is 26.8 Å². The molecule has 5 nitrogen and oxygen atoms in total. The molecule has 0 aliphatic carbocycles. The van der Waals surface area contributed by atoms with E-state index < -0.39 is 6.36 Å². The normalized spacial score (nSPS) is 11.2. The molecular formula is C21H21F3N4O. The summed E-state index contributed by atoms with van der Waals surface area (Å²) in [6.07, 6.45) is -4.75. The molecule has 8 heteroatoms. The van der Waals surface area contributed by atoms with Crippen molar-refractivity contribution in [1.29, 1.82) is 0 Å². The highest BCUT2D eigenvalue weighted by Gasteiger charge is 2.31. The van der Waals surface area contributed by atoms with Crippen LogP contribution in [0.2, 0.25) is 0 Å². The lowest BCUT2D eigenvalue weighted by Crippen LogP contribution is -2.17. The molecule has 0 atom stereocenters. The lowest BCUT2D eigenvalue weighted by molar-refractivity contribution is -0.274. The average Bonchev–Trinajstić information content (AvgIpc) is 2.66. The Hall–Kier alpha value is -3.29. The van der Waals surface area contributed by atoms with E-state index in [1.165, 1.54) is 18.2 Å². The number of aryl methyl sites for hydroxylation is 1. The van der Waals surface area contributed by atoms with Crippen LogP contribution in [0.15, 0.2) is 54.6 Å². The van der Waals surface area contributed by atoms with Gasteiger partial charge in [-0.2, -0.15) is 4.98 Å². The van der Waals surface area contributed by atoms with Crippen LogP contribution < -0.4 is 15.4 Å². The van der Waals surface area contributed by atoms with Gasteiger partial charge in [0.05, 0.1) is 5.69 Å². The van der Waals surface area contributed by atoms with Gasteiger partial charge in [0, 0.05) is 24.7 Å². The van der Waals surface area contributed by atoms with Crippen LogP contribution in [0, 0.1) is 6.92 Å². The molecule has 1 aromatic heterocycles. The maximum Gasteiger partial charge on any atom is 0.573 e. The zero-order valence-electron chi connectivity index (χ0n) is 16.0. The zero-order valence-corrected chi connectivity index (χ0v) is 16.0. The number of nitrogens with zero attached hydrogens (tertiary/aromatic N) is 2. The Kier molecular flexibility index (Phi) is 6.21. The van der Waals surface area contributed by atoms with E-state index in [2.05, 4.69) is 25.3 Å². The van der Waals surface area contributed by atoms with Crippen LogP contribution in [0.3, 0.4) is 0 Å². The third-order valence-electron chi connectivity index (χ3n) is 4.15. The van der Waals surface area contributed by atoms with Crippen LogP contribution in [-0.2, 0) is 6.54 Å². The number of hydrogen-bond acceptors (Lipinski definition) is 5. The summed E-state index contributed by atoms with van der Waals surface area (Å²) in [5.41, 5.74) is 3.25. The van der Waals surface area contributed by atoms with Gasteiger partial charge in [-0.15, -0.1) is 13.2 Å². The van der Waals surface area contributed by atoms with Crippen molar-refractivity contribution >= 4 is 11.8 Å². The monoisotopic (exact) mass is 402 g/mol. The minimum absolute atomic E-state index is 0.298. The summed E-state index contributed by atoms with van der Waals surface area (Å²) in [6.45, 7) is 5.11. The SMILES string of the molecule is CCNc1nc(NCc2ccccc2C)cc(-c2cccc(OC(F)(F)F)c2)n1. The Balaban J connectivity index is 1.89. The van der Waals surface area contributed by atoms with Crippen LogP contribution >= 0.6 is 0 Å². The lowest BCUT2D eigenvalue weighted by atomic mass is 10.1. The fraction of sp³-hybridized carbons (Fsp3) is 0.238. The van der Waals surface area contributed by atoms with E-state index >= 15 is 0 Å². The van der Waals surface area contributed by atoms with E-state index in [1.807, 2.05) is 38.1 Å². The van der Waals surface area contributed by atoms with Crippen molar-refractivity contribution in [3.63, 3.8) is 0 Å². The fourth-order valence-electron chi connectivity index (χ4n) is 2.77. The summed E-state index contributed by atoms with van der Waals surface area (Å²) in [5, 5.41) is 6.31. The first kappa shape index (κ1) is 20.4. The van der Waals surface area contributed by atoms with Gasteiger partial charge in [0.2, 0.25) is 5.95 Å². The molecule has 2 N–H and O–H groups in total. The summed E-state index contributed by atoms with van der Waals surface area (Å²) in [7, 11) is 0. The molecule has 1 heterocycles. The van der Waals surface area contributed by atoms with E-state index in [1.54, 1.807) is 12.1 Å². The van der Waals surface area contributed by atoms with Gasteiger partial charge < -0.3 is 15.4 Å². The highest BCUT2D eigenvalue weighted by molar-refractivity contribution is 5.66. The van der Waals surface area contributed by atoms with E-state index in [0.717, 1.165) is 11.1 Å². The minimum atomic E-state index is -4.75. The molecule has 152 valence electrons. The molecule has 29 heavy (non-hydrogen) atoms. The molecule has 0 saturated carbocycles. The van der Waals surface area contributed by atoms with Gasteiger partial charge in [-0.1, -0.05) is 36.4 Å². The first-order chi connectivity index (χ1) is 13.8. The Morgan fingerprint density at radius 1 is 0.966 bits per heavy atom. The topological polar surface area (TPSA) is 59.1 Å². The molecule has 0 unspecified atom stereocenters. The average molecular weight is 402 g/mol. The van der Waals surface area contributed by atoms with Gasteiger partial charge in [0.25, 0.3) is 0 Å². The number of halogens is 3. The summed E-state index contributed by atoms with van der Waals surface area (Å²) in [5.74, 6) is 0.656. The van der Waals surface area contributed by atoms with Crippen molar-refractivity contribution in [2.24, 2.45) is 0 Å². The van der Waals surface area contributed by atoms with Crippen LogP contribution in [0.5, 0.6) is 5.75 Å². The first-order valence-electron chi connectivity index (χ1n) is 9.11. The molecule has 0 aliphatic heterocycles. The number of ether oxygens (including phenoxy) is 1.